The SMILES string of the molecule is Nc1cnccc1COCc1ccccc1. The molecule has 2 aromatic rings. The van der Waals surface area contributed by atoms with Crippen LogP contribution in [0.25, 0.3) is 0 Å². The highest BCUT2D eigenvalue weighted by atomic mass is 16.5. The summed E-state index contributed by atoms with van der Waals surface area (Å²) in [5, 5.41) is 0. The lowest BCUT2D eigenvalue weighted by atomic mass is 10.2. The van der Waals surface area contributed by atoms with E-state index < -0.39 is 0 Å². The molecule has 0 aliphatic heterocycles. The fourth-order valence-electron chi connectivity index (χ4n) is 1.42. The van der Waals surface area contributed by atoms with Crippen molar-refractivity contribution in [2.24, 2.45) is 0 Å². The minimum atomic E-state index is 0.517. The molecule has 0 saturated carbocycles. The van der Waals surface area contributed by atoms with E-state index in [0.29, 0.717) is 18.9 Å². The third-order valence-corrected chi connectivity index (χ3v) is 2.32. The van der Waals surface area contributed by atoms with E-state index in [4.69, 9.17) is 10.5 Å². The van der Waals surface area contributed by atoms with Gasteiger partial charge in [-0.25, -0.2) is 0 Å². The van der Waals surface area contributed by atoms with E-state index in [1.807, 2.05) is 36.4 Å². The van der Waals surface area contributed by atoms with Gasteiger partial charge in [-0.3, -0.25) is 4.98 Å². The quantitative estimate of drug-likeness (QED) is 0.850. The summed E-state index contributed by atoms with van der Waals surface area (Å²) in [7, 11) is 0. The monoisotopic (exact) mass is 214 g/mol. The Balaban J connectivity index is 1.87. The summed E-state index contributed by atoms with van der Waals surface area (Å²) >= 11 is 0. The molecule has 82 valence electrons. The Bertz CT molecular complexity index is 443. The van der Waals surface area contributed by atoms with Crippen LogP contribution in [0, 0.1) is 0 Å². The van der Waals surface area contributed by atoms with Gasteiger partial charge in [0.05, 0.1) is 25.1 Å². The van der Waals surface area contributed by atoms with Gasteiger partial charge in [-0.1, -0.05) is 30.3 Å². The zero-order chi connectivity index (χ0) is 11.2. The Morgan fingerprint density at radius 2 is 1.88 bits per heavy atom. The van der Waals surface area contributed by atoms with Gasteiger partial charge in [-0.2, -0.15) is 0 Å². The van der Waals surface area contributed by atoms with Gasteiger partial charge in [-0.05, 0) is 11.6 Å². The average Bonchev–Trinajstić information content (AvgIpc) is 2.33. The molecule has 3 nitrogen and oxygen atoms in total. The first-order chi connectivity index (χ1) is 7.86. The van der Waals surface area contributed by atoms with Crippen LogP contribution in [0.2, 0.25) is 0 Å². The molecule has 0 atom stereocenters. The van der Waals surface area contributed by atoms with Crippen LogP contribution >= 0.6 is 0 Å². The van der Waals surface area contributed by atoms with Gasteiger partial charge in [0.25, 0.3) is 0 Å². The van der Waals surface area contributed by atoms with Crippen LogP contribution in [0.5, 0.6) is 0 Å². The standard InChI is InChI=1S/C13H14N2O/c14-13-8-15-7-6-12(13)10-16-9-11-4-2-1-3-5-11/h1-8H,9-10,14H2. The zero-order valence-electron chi connectivity index (χ0n) is 8.97. The molecular formula is C13H14N2O. The summed E-state index contributed by atoms with van der Waals surface area (Å²) in [4.78, 5) is 3.93. The second kappa shape index (κ2) is 5.28. The molecule has 0 unspecified atom stereocenters. The van der Waals surface area contributed by atoms with Crippen molar-refractivity contribution in [1.29, 1.82) is 0 Å². The number of pyridine rings is 1. The molecule has 0 amide bonds. The van der Waals surface area contributed by atoms with Crippen molar-refractivity contribution in [3.05, 3.63) is 59.9 Å². The first-order valence-corrected chi connectivity index (χ1v) is 5.16. The topological polar surface area (TPSA) is 48.1 Å². The molecule has 0 aliphatic carbocycles. The molecule has 0 aliphatic rings. The maximum Gasteiger partial charge on any atom is 0.0742 e. The molecule has 3 heteroatoms. The second-order valence-corrected chi connectivity index (χ2v) is 3.55. The maximum absolute atomic E-state index is 5.76. The van der Waals surface area contributed by atoms with Gasteiger partial charge in [0.15, 0.2) is 0 Å². The van der Waals surface area contributed by atoms with Crippen molar-refractivity contribution >= 4 is 5.69 Å². The number of hydrogen-bond donors (Lipinski definition) is 1. The van der Waals surface area contributed by atoms with Crippen LogP contribution in [0.3, 0.4) is 0 Å². The molecule has 0 saturated heterocycles. The number of nitrogens with two attached hydrogens (primary N) is 1. The number of nitrogens with zero attached hydrogens (tertiary/aromatic N) is 1. The molecule has 2 N–H and O–H groups in total. The lowest BCUT2D eigenvalue weighted by Gasteiger charge is -2.06. The summed E-state index contributed by atoms with van der Waals surface area (Å²) in [6, 6.07) is 11.9. The molecule has 0 spiro atoms. The highest BCUT2D eigenvalue weighted by Crippen LogP contribution is 2.11. The largest absolute Gasteiger partial charge is 0.397 e. The Kier molecular flexibility index (Phi) is 3.51. The third kappa shape index (κ3) is 2.81. The van der Waals surface area contributed by atoms with E-state index in [9.17, 15) is 0 Å². The van der Waals surface area contributed by atoms with E-state index >= 15 is 0 Å². The van der Waals surface area contributed by atoms with Crippen LogP contribution in [-0.2, 0) is 18.0 Å². The molecule has 1 aromatic carbocycles. The number of anilines is 1. The third-order valence-electron chi connectivity index (χ3n) is 2.32. The minimum absolute atomic E-state index is 0.517. The molecule has 1 aromatic heterocycles. The van der Waals surface area contributed by atoms with Crippen molar-refractivity contribution in [2.75, 3.05) is 5.73 Å². The van der Waals surface area contributed by atoms with Crippen LogP contribution in [0.15, 0.2) is 48.8 Å². The predicted molar refractivity (Wildman–Crippen MR) is 63.6 cm³/mol. The van der Waals surface area contributed by atoms with Crippen LogP contribution in [-0.4, -0.2) is 4.98 Å². The zero-order valence-corrected chi connectivity index (χ0v) is 8.97. The van der Waals surface area contributed by atoms with Gasteiger partial charge >= 0.3 is 0 Å². The molecule has 0 fully saturated rings. The summed E-state index contributed by atoms with van der Waals surface area (Å²) in [5.74, 6) is 0. The smallest absolute Gasteiger partial charge is 0.0742 e. The fourth-order valence-corrected chi connectivity index (χ4v) is 1.42. The highest BCUT2D eigenvalue weighted by molar-refractivity contribution is 5.43. The van der Waals surface area contributed by atoms with E-state index in [1.54, 1.807) is 12.4 Å². The van der Waals surface area contributed by atoms with Crippen molar-refractivity contribution in [3.63, 3.8) is 0 Å². The fraction of sp³-hybridized carbons (Fsp3) is 0.154. The summed E-state index contributed by atoms with van der Waals surface area (Å²) < 4.78 is 5.58. The van der Waals surface area contributed by atoms with Crippen molar-refractivity contribution in [2.45, 2.75) is 13.2 Å². The number of hydrogen-bond acceptors (Lipinski definition) is 3. The Labute approximate surface area is 94.9 Å². The molecule has 0 radical (unpaired) electrons. The maximum atomic E-state index is 5.76. The average molecular weight is 214 g/mol. The molecular weight excluding hydrogens is 200 g/mol. The van der Waals surface area contributed by atoms with Crippen molar-refractivity contribution in [1.82, 2.24) is 4.98 Å². The van der Waals surface area contributed by atoms with Crippen LogP contribution < -0.4 is 5.73 Å². The lowest BCUT2D eigenvalue weighted by molar-refractivity contribution is 0.107. The van der Waals surface area contributed by atoms with Crippen molar-refractivity contribution in [3.8, 4) is 0 Å². The van der Waals surface area contributed by atoms with E-state index in [1.165, 1.54) is 0 Å². The Morgan fingerprint density at radius 1 is 1.06 bits per heavy atom. The van der Waals surface area contributed by atoms with Gasteiger partial charge in [0.1, 0.15) is 0 Å². The number of nitrogen functional groups attached to an aromatic ring is 1. The van der Waals surface area contributed by atoms with Gasteiger partial charge in [0, 0.05) is 11.8 Å². The number of aromatic nitrogens is 1. The normalized spacial score (nSPS) is 10.2. The second-order valence-electron chi connectivity index (χ2n) is 3.55. The van der Waals surface area contributed by atoms with Crippen molar-refractivity contribution < 1.29 is 4.74 Å². The predicted octanol–water partition coefficient (Wildman–Crippen LogP) is 2.38. The molecule has 1 heterocycles. The van der Waals surface area contributed by atoms with Gasteiger partial charge in [-0.15, -0.1) is 0 Å². The van der Waals surface area contributed by atoms with E-state index in [0.717, 1.165) is 11.1 Å². The van der Waals surface area contributed by atoms with E-state index in [-0.39, 0.29) is 0 Å². The van der Waals surface area contributed by atoms with E-state index in [2.05, 4.69) is 4.98 Å². The summed E-state index contributed by atoms with van der Waals surface area (Å²) in [5.41, 5.74) is 8.57. The van der Waals surface area contributed by atoms with Crippen LogP contribution in [0.4, 0.5) is 5.69 Å². The number of ether oxygens (including phenoxy) is 1. The Morgan fingerprint density at radius 3 is 2.62 bits per heavy atom. The number of rotatable bonds is 4. The van der Waals surface area contributed by atoms with Crippen LogP contribution in [0.1, 0.15) is 11.1 Å². The minimum Gasteiger partial charge on any atom is -0.397 e. The first kappa shape index (κ1) is 10.6. The molecule has 2 rings (SSSR count). The highest BCUT2D eigenvalue weighted by Gasteiger charge is 1.98. The molecule has 0 bridgehead atoms. The van der Waals surface area contributed by atoms with Gasteiger partial charge in [0.2, 0.25) is 0 Å². The Hall–Kier alpha value is -1.87. The number of benzene rings is 1. The lowest BCUT2D eigenvalue weighted by Crippen LogP contribution is -1.98. The summed E-state index contributed by atoms with van der Waals surface area (Å²) in [6.07, 6.45) is 3.36. The first-order valence-electron chi connectivity index (χ1n) is 5.16. The molecule has 16 heavy (non-hydrogen) atoms. The summed E-state index contributed by atoms with van der Waals surface area (Å²) in [6.45, 7) is 1.12. The van der Waals surface area contributed by atoms with Gasteiger partial charge < -0.3 is 10.5 Å².